The maximum Gasteiger partial charge on any atom is 0.295 e. The largest absolute Gasteiger partial charge is 0.459 e. The first-order valence-electron chi connectivity index (χ1n) is 5.61. The summed E-state index contributed by atoms with van der Waals surface area (Å²) < 4.78 is 6.10. The molecule has 94 valence electrons. The third-order valence-corrected chi connectivity index (χ3v) is 3.08. The molecule has 4 nitrogen and oxygen atoms in total. The summed E-state index contributed by atoms with van der Waals surface area (Å²) in [5.41, 5.74) is 0.829. The van der Waals surface area contributed by atoms with Crippen molar-refractivity contribution in [3.63, 3.8) is 0 Å². The number of amides is 1. The number of furan rings is 1. The van der Waals surface area contributed by atoms with E-state index in [1.807, 2.05) is 19.9 Å². The molecule has 2 aromatic heterocycles. The second kappa shape index (κ2) is 5.35. The van der Waals surface area contributed by atoms with Gasteiger partial charge in [-0.3, -0.25) is 9.69 Å². The molecule has 18 heavy (non-hydrogen) atoms. The minimum Gasteiger partial charge on any atom is -0.459 e. The second-order valence-corrected chi connectivity index (χ2v) is 4.73. The van der Waals surface area contributed by atoms with Crippen molar-refractivity contribution in [2.75, 3.05) is 11.4 Å². The van der Waals surface area contributed by atoms with Gasteiger partial charge in [0.25, 0.3) is 5.91 Å². The Morgan fingerprint density at radius 1 is 1.44 bits per heavy atom. The van der Waals surface area contributed by atoms with Crippen LogP contribution in [-0.2, 0) is 0 Å². The van der Waals surface area contributed by atoms with Crippen molar-refractivity contribution in [2.24, 2.45) is 0 Å². The number of hydrogen-bond acceptors (Lipinski definition) is 3. The highest BCUT2D eigenvalue weighted by atomic mass is 79.9. The third kappa shape index (κ3) is 2.46. The Bertz CT molecular complexity index is 548. The summed E-state index contributed by atoms with van der Waals surface area (Å²) in [5, 5.41) is 0. The van der Waals surface area contributed by atoms with E-state index in [-0.39, 0.29) is 5.91 Å². The van der Waals surface area contributed by atoms with Gasteiger partial charge in [-0.1, -0.05) is 0 Å². The lowest BCUT2D eigenvalue weighted by Crippen LogP contribution is -2.31. The molecule has 0 saturated heterocycles. The van der Waals surface area contributed by atoms with Gasteiger partial charge in [-0.05, 0) is 48.0 Å². The molecular formula is C13H13BrN2O2. The Morgan fingerprint density at radius 2 is 2.22 bits per heavy atom. The molecule has 5 heteroatoms. The van der Waals surface area contributed by atoms with Crippen molar-refractivity contribution < 1.29 is 9.21 Å². The van der Waals surface area contributed by atoms with Crippen LogP contribution in [0.4, 0.5) is 5.82 Å². The van der Waals surface area contributed by atoms with Crippen LogP contribution in [0.5, 0.6) is 0 Å². The molecule has 0 aromatic carbocycles. The van der Waals surface area contributed by atoms with Crippen LogP contribution in [0.3, 0.4) is 0 Å². The van der Waals surface area contributed by atoms with Crippen molar-refractivity contribution in [1.29, 1.82) is 0 Å². The van der Waals surface area contributed by atoms with E-state index >= 15 is 0 Å². The van der Waals surface area contributed by atoms with Gasteiger partial charge in [0, 0.05) is 22.8 Å². The van der Waals surface area contributed by atoms with Crippen molar-refractivity contribution in [1.82, 2.24) is 4.98 Å². The van der Waals surface area contributed by atoms with Crippen LogP contribution in [-0.4, -0.2) is 17.4 Å². The Kier molecular flexibility index (Phi) is 3.81. The number of aromatic nitrogens is 1. The van der Waals surface area contributed by atoms with Gasteiger partial charge in [0.15, 0.2) is 5.76 Å². The van der Waals surface area contributed by atoms with Gasteiger partial charge >= 0.3 is 0 Å². The van der Waals surface area contributed by atoms with E-state index in [0.29, 0.717) is 18.1 Å². The number of anilines is 1. The molecule has 1 amide bonds. The summed E-state index contributed by atoms with van der Waals surface area (Å²) in [4.78, 5) is 18.1. The van der Waals surface area contributed by atoms with Crippen molar-refractivity contribution in [2.45, 2.75) is 13.8 Å². The van der Waals surface area contributed by atoms with Crippen LogP contribution < -0.4 is 4.90 Å². The molecule has 2 aromatic rings. The van der Waals surface area contributed by atoms with Crippen molar-refractivity contribution >= 4 is 27.7 Å². The normalized spacial score (nSPS) is 10.4. The molecular weight excluding hydrogens is 296 g/mol. The third-order valence-electron chi connectivity index (χ3n) is 2.61. The Balaban J connectivity index is 2.32. The molecule has 0 aliphatic heterocycles. The van der Waals surface area contributed by atoms with Gasteiger partial charge in [-0.25, -0.2) is 4.98 Å². The summed E-state index contributed by atoms with van der Waals surface area (Å²) in [7, 11) is 0. The highest BCUT2D eigenvalue weighted by Gasteiger charge is 2.21. The number of aryl methyl sites for hydroxylation is 1. The highest BCUT2D eigenvalue weighted by molar-refractivity contribution is 9.10. The Morgan fingerprint density at radius 3 is 2.72 bits per heavy atom. The average molecular weight is 309 g/mol. The van der Waals surface area contributed by atoms with Gasteiger partial charge in [-0.2, -0.15) is 0 Å². The standard InChI is InChI=1S/C13H13BrN2O2/c1-3-16(11-5-4-10(14)8-15-11)13(17)12-9(2)6-7-18-12/h4-8H,3H2,1-2H3. The van der Waals surface area contributed by atoms with E-state index in [1.165, 1.54) is 6.26 Å². The zero-order valence-electron chi connectivity index (χ0n) is 10.2. The quantitative estimate of drug-likeness (QED) is 0.873. The maximum atomic E-state index is 12.3. The first-order valence-corrected chi connectivity index (χ1v) is 6.40. The molecule has 0 saturated carbocycles. The average Bonchev–Trinajstić information content (AvgIpc) is 2.78. The lowest BCUT2D eigenvalue weighted by Gasteiger charge is -2.18. The van der Waals surface area contributed by atoms with E-state index < -0.39 is 0 Å². The predicted molar refractivity (Wildman–Crippen MR) is 72.7 cm³/mol. The molecule has 0 fully saturated rings. The second-order valence-electron chi connectivity index (χ2n) is 3.82. The number of pyridine rings is 1. The number of hydrogen-bond donors (Lipinski definition) is 0. The number of halogens is 1. The summed E-state index contributed by atoms with van der Waals surface area (Å²) in [5.74, 6) is 0.804. The number of nitrogens with zero attached hydrogens (tertiary/aromatic N) is 2. The molecule has 2 heterocycles. The molecule has 0 spiro atoms. The van der Waals surface area contributed by atoms with Gasteiger partial charge in [0.1, 0.15) is 5.82 Å². The molecule has 0 bridgehead atoms. The summed E-state index contributed by atoms with van der Waals surface area (Å²) in [6.07, 6.45) is 3.19. The van der Waals surface area contributed by atoms with E-state index in [2.05, 4.69) is 20.9 Å². The van der Waals surface area contributed by atoms with E-state index in [4.69, 9.17) is 4.42 Å². The zero-order chi connectivity index (χ0) is 13.1. The van der Waals surface area contributed by atoms with Crippen LogP contribution in [0.15, 0.2) is 39.5 Å². The topological polar surface area (TPSA) is 46.3 Å². The van der Waals surface area contributed by atoms with Crippen molar-refractivity contribution in [3.05, 3.63) is 46.5 Å². The summed E-state index contributed by atoms with van der Waals surface area (Å²) in [6.45, 7) is 4.28. The van der Waals surface area contributed by atoms with Gasteiger partial charge in [0.05, 0.1) is 6.26 Å². The minimum absolute atomic E-state index is 0.171. The lowest BCUT2D eigenvalue weighted by molar-refractivity contribution is 0.0960. The lowest BCUT2D eigenvalue weighted by atomic mass is 10.2. The SMILES string of the molecule is CCN(C(=O)c1occc1C)c1ccc(Br)cn1. The van der Waals surface area contributed by atoms with Crippen LogP contribution in [0.2, 0.25) is 0 Å². The molecule has 0 radical (unpaired) electrons. The first-order chi connectivity index (χ1) is 8.63. The number of carbonyl (C=O) groups excluding carboxylic acids is 1. The molecule has 0 unspecified atom stereocenters. The first kappa shape index (κ1) is 12.8. The van der Waals surface area contributed by atoms with Gasteiger partial charge in [0.2, 0.25) is 0 Å². The fourth-order valence-electron chi connectivity index (χ4n) is 1.65. The van der Waals surface area contributed by atoms with Crippen LogP contribution >= 0.6 is 15.9 Å². The minimum atomic E-state index is -0.171. The van der Waals surface area contributed by atoms with Crippen LogP contribution in [0.25, 0.3) is 0 Å². The van der Waals surface area contributed by atoms with Crippen LogP contribution in [0.1, 0.15) is 23.0 Å². The monoisotopic (exact) mass is 308 g/mol. The smallest absolute Gasteiger partial charge is 0.295 e. The van der Waals surface area contributed by atoms with E-state index in [1.54, 1.807) is 23.2 Å². The van der Waals surface area contributed by atoms with E-state index in [0.717, 1.165) is 10.0 Å². The summed E-state index contributed by atoms with van der Waals surface area (Å²) >= 11 is 3.32. The molecule has 0 atom stereocenters. The number of rotatable bonds is 3. The van der Waals surface area contributed by atoms with Gasteiger partial charge in [-0.15, -0.1) is 0 Å². The molecule has 2 rings (SSSR count). The summed E-state index contributed by atoms with van der Waals surface area (Å²) in [6, 6.07) is 5.42. The van der Waals surface area contributed by atoms with Gasteiger partial charge < -0.3 is 4.42 Å². The predicted octanol–water partition coefficient (Wildman–Crippen LogP) is 3.41. The maximum absolute atomic E-state index is 12.3. The van der Waals surface area contributed by atoms with E-state index in [9.17, 15) is 4.79 Å². The number of carbonyl (C=O) groups is 1. The Hall–Kier alpha value is -1.62. The molecule has 0 aliphatic carbocycles. The van der Waals surface area contributed by atoms with Crippen LogP contribution in [0, 0.1) is 6.92 Å². The molecule has 0 N–H and O–H groups in total. The highest BCUT2D eigenvalue weighted by Crippen LogP contribution is 2.19. The fourth-order valence-corrected chi connectivity index (χ4v) is 1.89. The van der Waals surface area contributed by atoms with Crippen molar-refractivity contribution in [3.8, 4) is 0 Å². The Labute approximate surface area is 114 Å². The zero-order valence-corrected chi connectivity index (χ0v) is 11.8. The molecule has 0 aliphatic rings. The fraction of sp³-hybridized carbons (Fsp3) is 0.231.